The van der Waals surface area contributed by atoms with Gasteiger partial charge in [0.25, 0.3) is 0 Å². The minimum atomic E-state index is -0.0397. The summed E-state index contributed by atoms with van der Waals surface area (Å²) in [7, 11) is 3.98. The predicted octanol–water partition coefficient (Wildman–Crippen LogP) is 2.69. The van der Waals surface area contributed by atoms with Crippen LogP contribution < -0.4 is 10.6 Å². The largest absolute Gasteiger partial charge is 0.339 e. The Labute approximate surface area is 156 Å². The van der Waals surface area contributed by atoms with Gasteiger partial charge in [-0.05, 0) is 41.8 Å². The first-order chi connectivity index (χ1) is 11.7. The molecule has 0 fully saturated rings. The van der Waals surface area contributed by atoms with Gasteiger partial charge >= 0.3 is 0 Å². The molecule has 0 saturated carbocycles. The van der Waals surface area contributed by atoms with Crippen molar-refractivity contribution < 1.29 is 9.59 Å². The van der Waals surface area contributed by atoms with Gasteiger partial charge in [-0.1, -0.05) is 27.7 Å². The van der Waals surface area contributed by atoms with Crippen LogP contribution in [0.4, 0.5) is 0 Å². The molecule has 0 atom stereocenters. The van der Waals surface area contributed by atoms with E-state index in [-0.39, 0.29) is 18.5 Å². The number of nitrogens with zero attached hydrogens (tertiary/aromatic N) is 2. The third kappa shape index (κ3) is 19.0. The molecule has 0 aliphatic rings. The SMILES string of the molecule is CC.CC.CC(C)N(C)CCC(=O)NCNC(=O)CCN(C)C(C)C. The van der Waals surface area contributed by atoms with Crippen molar-refractivity contribution in [3.63, 3.8) is 0 Å². The fourth-order valence-electron chi connectivity index (χ4n) is 1.49. The fraction of sp³-hybridized carbons (Fsp3) is 0.895. The number of carbonyl (C=O) groups is 2. The van der Waals surface area contributed by atoms with E-state index >= 15 is 0 Å². The molecule has 2 amide bonds. The molecule has 0 rings (SSSR count). The zero-order valence-corrected chi connectivity index (χ0v) is 18.4. The molecule has 0 aromatic rings. The third-order valence-electron chi connectivity index (χ3n) is 3.72. The summed E-state index contributed by atoms with van der Waals surface area (Å²) in [5.74, 6) is -0.0794. The van der Waals surface area contributed by atoms with Gasteiger partial charge in [0.05, 0.1) is 6.67 Å². The second-order valence-corrected chi connectivity index (χ2v) is 6.03. The molecule has 152 valence electrons. The lowest BCUT2D eigenvalue weighted by Gasteiger charge is -2.21. The van der Waals surface area contributed by atoms with Gasteiger partial charge in [-0.15, -0.1) is 0 Å². The number of hydrogen-bond acceptors (Lipinski definition) is 4. The molecule has 25 heavy (non-hydrogen) atoms. The van der Waals surface area contributed by atoms with Crippen LogP contribution in [0, 0.1) is 0 Å². The maximum absolute atomic E-state index is 11.6. The molecular formula is C19H44N4O2. The van der Waals surface area contributed by atoms with Crippen LogP contribution >= 0.6 is 0 Å². The highest BCUT2D eigenvalue weighted by Gasteiger charge is 2.08. The zero-order valence-electron chi connectivity index (χ0n) is 18.4. The van der Waals surface area contributed by atoms with Gasteiger partial charge in [0.2, 0.25) is 11.8 Å². The molecule has 0 bridgehead atoms. The van der Waals surface area contributed by atoms with Crippen molar-refractivity contribution in [2.45, 2.75) is 80.3 Å². The summed E-state index contributed by atoms with van der Waals surface area (Å²) in [4.78, 5) is 27.4. The van der Waals surface area contributed by atoms with Gasteiger partial charge in [0.15, 0.2) is 0 Å². The summed E-state index contributed by atoms with van der Waals surface area (Å²) in [6.07, 6.45) is 0.890. The van der Waals surface area contributed by atoms with Gasteiger partial charge in [-0.25, -0.2) is 0 Å². The van der Waals surface area contributed by atoms with Crippen LogP contribution in [-0.2, 0) is 9.59 Å². The van der Waals surface area contributed by atoms with Crippen LogP contribution in [0.15, 0.2) is 0 Å². The first-order valence-electron chi connectivity index (χ1n) is 9.68. The topological polar surface area (TPSA) is 64.7 Å². The minimum absolute atomic E-state index is 0.0397. The van der Waals surface area contributed by atoms with Crippen molar-refractivity contribution in [2.24, 2.45) is 0 Å². The molecule has 0 saturated heterocycles. The quantitative estimate of drug-likeness (QED) is 0.588. The second kappa shape index (κ2) is 19.2. The lowest BCUT2D eigenvalue weighted by Crippen LogP contribution is -2.40. The third-order valence-corrected chi connectivity index (χ3v) is 3.72. The molecule has 6 heteroatoms. The molecule has 0 aliphatic carbocycles. The molecule has 0 heterocycles. The first-order valence-corrected chi connectivity index (χ1v) is 9.68. The molecule has 0 aromatic heterocycles. The molecule has 0 unspecified atom stereocenters. The van der Waals surface area contributed by atoms with Crippen LogP contribution in [0.5, 0.6) is 0 Å². The molecule has 0 radical (unpaired) electrons. The first kappa shape index (κ1) is 28.7. The van der Waals surface area contributed by atoms with E-state index in [4.69, 9.17) is 0 Å². The molecule has 0 aromatic carbocycles. The van der Waals surface area contributed by atoms with E-state index in [9.17, 15) is 9.59 Å². The Morgan fingerprint density at radius 1 is 0.720 bits per heavy atom. The van der Waals surface area contributed by atoms with E-state index in [1.165, 1.54) is 0 Å². The number of hydrogen-bond donors (Lipinski definition) is 2. The summed E-state index contributed by atoms with van der Waals surface area (Å²) in [6.45, 7) is 18.0. The van der Waals surface area contributed by atoms with Crippen molar-refractivity contribution in [1.29, 1.82) is 0 Å². The van der Waals surface area contributed by atoms with Crippen molar-refractivity contribution in [2.75, 3.05) is 33.9 Å². The Kier molecular flexibility index (Phi) is 22.0. The van der Waals surface area contributed by atoms with Crippen molar-refractivity contribution >= 4 is 11.8 Å². The van der Waals surface area contributed by atoms with Gasteiger partial charge in [-0.2, -0.15) is 0 Å². The fourth-order valence-corrected chi connectivity index (χ4v) is 1.49. The zero-order chi connectivity index (χ0) is 20.4. The van der Waals surface area contributed by atoms with E-state index in [1.54, 1.807) is 0 Å². The maximum Gasteiger partial charge on any atom is 0.222 e. The Morgan fingerprint density at radius 2 is 1.00 bits per heavy atom. The van der Waals surface area contributed by atoms with Gasteiger partial charge in [-0.3, -0.25) is 9.59 Å². The average molecular weight is 361 g/mol. The number of rotatable bonds is 10. The van der Waals surface area contributed by atoms with Gasteiger partial charge < -0.3 is 20.4 Å². The van der Waals surface area contributed by atoms with Crippen LogP contribution in [0.1, 0.15) is 68.2 Å². The standard InChI is InChI=1S/C15H32N4O2.2C2H6/c1-12(2)18(5)9-7-14(20)16-11-17-15(21)8-10-19(6)13(3)4;2*1-2/h12-13H,7-11H2,1-6H3,(H,16,20)(H,17,21);2*1-2H3. The van der Waals surface area contributed by atoms with E-state index in [0.717, 1.165) is 13.1 Å². The number of carbonyl (C=O) groups excluding carboxylic acids is 2. The normalized spacial score (nSPS) is 10.2. The van der Waals surface area contributed by atoms with E-state index < -0.39 is 0 Å². The van der Waals surface area contributed by atoms with Crippen LogP contribution in [0.2, 0.25) is 0 Å². The van der Waals surface area contributed by atoms with E-state index in [2.05, 4.69) is 48.1 Å². The summed E-state index contributed by atoms with van der Waals surface area (Å²) in [5, 5.41) is 5.41. The Bertz CT molecular complexity index is 291. The van der Waals surface area contributed by atoms with Crippen molar-refractivity contribution in [3.8, 4) is 0 Å². The Balaban J connectivity index is -0.00000112. The number of amides is 2. The van der Waals surface area contributed by atoms with E-state index in [0.29, 0.717) is 24.9 Å². The molecule has 0 spiro atoms. The number of nitrogens with one attached hydrogen (secondary N) is 2. The maximum atomic E-state index is 11.6. The summed E-state index contributed by atoms with van der Waals surface area (Å²) in [6, 6.07) is 0.853. The molecule has 2 N–H and O–H groups in total. The molecule has 6 nitrogen and oxygen atoms in total. The van der Waals surface area contributed by atoms with Crippen LogP contribution in [-0.4, -0.2) is 67.6 Å². The predicted molar refractivity (Wildman–Crippen MR) is 109 cm³/mol. The van der Waals surface area contributed by atoms with Crippen molar-refractivity contribution in [1.82, 2.24) is 20.4 Å². The highest BCUT2D eigenvalue weighted by molar-refractivity contribution is 5.78. The monoisotopic (exact) mass is 360 g/mol. The molecule has 0 aliphatic heterocycles. The van der Waals surface area contributed by atoms with Crippen LogP contribution in [0.25, 0.3) is 0 Å². The Morgan fingerprint density at radius 3 is 1.24 bits per heavy atom. The highest BCUT2D eigenvalue weighted by Crippen LogP contribution is 1.95. The van der Waals surface area contributed by atoms with Gasteiger partial charge in [0, 0.05) is 38.0 Å². The lowest BCUT2D eigenvalue weighted by molar-refractivity contribution is -0.123. The highest BCUT2D eigenvalue weighted by atomic mass is 16.2. The summed E-state index contributed by atoms with van der Waals surface area (Å²) in [5.41, 5.74) is 0. The Hall–Kier alpha value is -1.14. The second-order valence-electron chi connectivity index (χ2n) is 6.03. The smallest absolute Gasteiger partial charge is 0.222 e. The van der Waals surface area contributed by atoms with Crippen molar-refractivity contribution in [3.05, 3.63) is 0 Å². The average Bonchev–Trinajstić information content (AvgIpc) is 2.60. The summed E-state index contributed by atoms with van der Waals surface area (Å²) < 4.78 is 0. The van der Waals surface area contributed by atoms with Gasteiger partial charge in [0.1, 0.15) is 0 Å². The lowest BCUT2D eigenvalue weighted by atomic mass is 10.3. The minimum Gasteiger partial charge on any atom is -0.339 e. The van der Waals surface area contributed by atoms with E-state index in [1.807, 2.05) is 41.8 Å². The summed E-state index contributed by atoms with van der Waals surface area (Å²) >= 11 is 0. The van der Waals surface area contributed by atoms with Crippen LogP contribution in [0.3, 0.4) is 0 Å². The molecular weight excluding hydrogens is 316 g/mol.